The van der Waals surface area contributed by atoms with E-state index in [1.54, 1.807) is 0 Å². The molecule has 4 rings (SSSR count). The molecule has 3 aliphatic rings. The van der Waals surface area contributed by atoms with Crippen molar-refractivity contribution in [2.75, 3.05) is 31.1 Å². The zero-order valence-electron chi connectivity index (χ0n) is 13.5. The lowest BCUT2D eigenvalue weighted by atomic mass is 9.97. The minimum atomic E-state index is -0.720. The lowest BCUT2D eigenvalue weighted by molar-refractivity contribution is -0.139. The van der Waals surface area contributed by atoms with Crippen molar-refractivity contribution in [1.82, 2.24) is 15.6 Å². The molecule has 0 radical (unpaired) electrons. The molecule has 0 aromatic carbocycles. The van der Waals surface area contributed by atoms with E-state index < -0.39 is 5.97 Å². The van der Waals surface area contributed by atoms with Gasteiger partial charge in [-0.3, -0.25) is 9.78 Å². The summed E-state index contributed by atoms with van der Waals surface area (Å²) < 4.78 is 0. The first kappa shape index (κ1) is 16.2. The molecule has 0 amide bonds. The van der Waals surface area contributed by atoms with Gasteiger partial charge in [0.2, 0.25) is 0 Å². The normalized spacial score (nSPS) is 29.6. The highest BCUT2D eigenvalue weighted by atomic mass is 16.4. The van der Waals surface area contributed by atoms with Crippen LogP contribution in [0.3, 0.4) is 0 Å². The number of rotatable bonds is 2. The minimum absolute atomic E-state index is 0.269. The summed E-state index contributed by atoms with van der Waals surface area (Å²) in [6, 6.07) is 3.90. The summed E-state index contributed by atoms with van der Waals surface area (Å²) in [7, 11) is 0. The van der Waals surface area contributed by atoms with Gasteiger partial charge in [-0.1, -0.05) is 0 Å². The molecule has 126 valence electrons. The molecule has 0 bridgehead atoms. The SMILES string of the molecule is O=C(O)[C@@H]1CCCN1.c1cncc(N2CCC3(CCCN3)C2)c1. The fourth-order valence-corrected chi connectivity index (χ4v) is 3.75. The van der Waals surface area contributed by atoms with Gasteiger partial charge in [0, 0.05) is 24.8 Å². The molecule has 23 heavy (non-hydrogen) atoms. The molecule has 1 aromatic rings. The van der Waals surface area contributed by atoms with Crippen LogP contribution in [0.5, 0.6) is 0 Å². The summed E-state index contributed by atoms with van der Waals surface area (Å²) in [6.07, 6.45) is 9.54. The quantitative estimate of drug-likeness (QED) is 0.761. The lowest BCUT2D eigenvalue weighted by Crippen LogP contribution is -2.42. The maximum absolute atomic E-state index is 10.1. The summed E-state index contributed by atoms with van der Waals surface area (Å²) in [5.41, 5.74) is 1.68. The molecule has 2 atom stereocenters. The number of hydrogen-bond donors (Lipinski definition) is 3. The number of nitrogens with one attached hydrogen (secondary N) is 2. The Hall–Kier alpha value is -1.66. The maximum Gasteiger partial charge on any atom is 0.320 e. The van der Waals surface area contributed by atoms with E-state index in [1.807, 2.05) is 18.5 Å². The number of anilines is 1. The van der Waals surface area contributed by atoms with Gasteiger partial charge < -0.3 is 20.6 Å². The van der Waals surface area contributed by atoms with Crippen molar-refractivity contribution in [1.29, 1.82) is 0 Å². The second kappa shape index (κ2) is 7.27. The Kier molecular flexibility index (Phi) is 5.13. The topological polar surface area (TPSA) is 77.5 Å². The smallest absolute Gasteiger partial charge is 0.320 e. The van der Waals surface area contributed by atoms with Crippen molar-refractivity contribution < 1.29 is 9.90 Å². The van der Waals surface area contributed by atoms with Gasteiger partial charge in [0.25, 0.3) is 0 Å². The Balaban J connectivity index is 0.000000166. The maximum atomic E-state index is 10.1. The highest BCUT2D eigenvalue weighted by Gasteiger charge is 2.39. The van der Waals surface area contributed by atoms with Crippen molar-refractivity contribution >= 4 is 11.7 Å². The van der Waals surface area contributed by atoms with Gasteiger partial charge in [-0.05, 0) is 57.3 Å². The number of carbonyl (C=O) groups is 1. The molecule has 4 heterocycles. The monoisotopic (exact) mass is 318 g/mol. The standard InChI is InChI=1S/C12H17N3.C5H9NO2/c1-3-11(9-13-6-1)15-8-5-12(10-15)4-2-7-14-12;7-5(8)4-2-1-3-6-4/h1,3,6,9,14H,2,4-5,7-8,10H2;4,6H,1-3H2,(H,7,8)/t;4-/m.0/s1. The number of nitrogens with zero attached hydrogens (tertiary/aromatic N) is 2. The zero-order valence-corrected chi connectivity index (χ0v) is 13.5. The summed E-state index contributed by atoms with van der Waals surface area (Å²) in [5.74, 6) is -0.720. The average Bonchev–Trinajstić information content (AvgIpc) is 3.32. The van der Waals surface area contributed by atoms with Gasteiger partial charge in [0.15, 0.2) is 0 Å². The lowest BCUT2D eigenvalue weighted by Gasteiger charge is -2.25. The number of aromatic nitrogens is 1. The third-order valence-corrected chi connectivity index (χ3v) is 5.06. The van der Waals surface area contributed by atoms with Crippen molar-refractivity contribution in [3.05, 3.63) is 24.5 Å². The van der Waals surface area contributed by atoms with Crippen molar-refractivity contribution in [3.8, 4) is 0 Å². The van der Waals surface area contributed by atoms with E-state index in [1.165, 1.54) is 38.0 Å². The first-order valence-electron chi connectivity index (χ1n) is 8.55. The average molecular weight is 318 g/mol. The van der Waals surface area contributed by atoms with Crippen molar-refractivity contribution in [2.24, 2.45) is 0 Å². The van der Waals surface area contributed by atoms with Crippen LogP contribution in [-0.2, 0) is 4.79 Å². The van der Waals surface area contributed by atoms with Gasteiger partial charge in [0.1, 0.15) is 6.04 Å². The van der Waals surface area contributed by atoms with Crippen LogP contribution in [0.15, 0.2) is 24.5 Å². The number of hydrogen-bond acceptors (Lipinski definition) is 5. The van der Waals surface area contributed by atoms with Crippen LogP contribution in [0.4, 0.5) is 5.69 Å². The van der Waals surface area contributed by atoms with Crippen molar-refractivity contribution in [2.45, 2.75) is 43.7 Å². The van der Waals surface area contributed by atoms with Gasteiger partial charge in [-0.25, -0.2) is 0 Å². The Bertz CT molecular complexity index is 511. The molecule has 0 saturated carbocycles. The molecule has 1 spiro atoms. The fourth-order valence-electron chi connectivity index (χ4n) is 3.75. The van der Waals surface area contributed by atoms with Crippen LogP contribution in [0.2, 0.25) is 0 Å². The zero-order chi connectivity index (χ0) is 16.1. The number of carboxylic acids is 1. The third-order valence-electron chi connectivity index (χ3n) is 5.06. The second-order valence-electron chi connectivity index (χ2n) is 6.68. The van der Waals surface area contributed by atoms with Gasteiger partial charge in [-0.2, -0.15) is 0 Å². The number of pyridine rings is 1. The number of carboxylic acid groups (broad SMARTS) is 1. The van der Waals surface area contributed by atoms with E-state index in [9.17, 15) is 4.79 Å². The Morgan fingerprint density at radius 3 is 2.83 bits per heavy atom. The predicted octanol–water partition coefficient (Wildman–Crippen LogP) is 1.24. The molecule has 3 fully saturated rings. The Labute approximate surface area is 137 Å². The van der Waals surface area contributed by atoms with Crippen LogP contribution < -0.4 is 15.5 Å². The highest BCUT2D eigenvalue weighted by Crippen LogP contribution is 2.32. The molecule has 6 heteroatoms. The molecular weight excluding hydrogens is 292 g/mol. The third kappa shape index (κ3) is 4.00. The second-order valence-corrected chi connectivity index (χ2v) is 6.68. The molecule has 0 aliphatic carbocycles. The van der Waals surface area contributed by atoms with E-state index in [0.29, 0.717) is 5.54 Å². The number of aliphatic carboxylic acids is 1. The van der Waals surface area contributed by atoms with Gasteiger partial charge >= 0.3 is 5.97 Å². The van der Waals surface area contributed by atoms with E-state index in [-0.39, 0.29) is 6.04 Å². The molecule has 3 N–H and O–H groups in total. The van der Waals surface area contributed by atoms with E-state index in [0.717, 1.165) is 25.9 Å². The molecule has 3 saturated heterocycles. The van der Waals surface area contributed by atoms with Crippen LogP contribution in [0.25, 0.3) is 0 Å². The summed E-state index contributed by atoms with van der Waals surface area (Å²) in [5, 5.41) is 14.9. The Morgan fingerprint density at radius 1 is 1.35 bits per heavy atom. The highest BCUT2D eigenvalue weighted by molar-refractivity contribution is 5.73. The van der Waals surface area contributed by atoms with Crippen LogP contribution in [-0.4, -0.2) is 53.8 Å². The summed E-state index contributed by atoms with van der Waals surface area (Å²) in [4.78, 5) is 16.8. The van der Waals surface area contributed by atoms with E-state index >= 15 is 0 Å². The first-order valence-corrected chi connectivity index (χ1v) is 8.55. The van der Waals surface area contributed by atoms with E-state index in [4.69, 9.17) is 5.11 Å². The van der Waals surface area contributed by atoms with Gasteiger partial charge in [-0.15, -0.1) is 0 Å². The summed E-state index contributed by atoms with van der Waals surface area (Å²) in [6.45, 7) is 4.37. The first-order chi connectivity index (χ1) is 11.2. The van der Waals surface area contributed by atoms with Crippen molar-refractivity contribution in [3.63, 3.8) is 0 Å². The minimum Gasteiger partial charge on any atom is -0.480 e. The fraction of sp³-hybridized carbons (Fsp3) is 0.647. The molecule has 1 unspecified atom stereocenters. The van der Waals surface area contributed by atoms with Crippen LogP contribution >= 0.6 is 0 Å². The summed E-state index contributed by atoms with van der Waals surface area (Å²) >= 11 is 0. The van der Waals surface area contributed by atoms with Crippen LogP contribution in [0, 0.1) is 0 Å². The molecule has 1 aromatic heterocycles. The molecule has 6 nitrogen and oxygen atoms in total. The molecule has 3 aliphatic heterocycles. The Morgan fingerprint density at radius 2 is 2.26 bits per heavy atom. The largest absolute Gasteiger partial charge is 0.480 e. The van der Waals surface area contributed by atoms with Crippen LogP contribution in [0.1, 0.15) is 32.1 Å². The van der Waals surface area contributed by atoms with E-state index in [2.05, 4.69) is 26.6 Å². The predicted molar refractivity (Wildman–Crippen MR) is 89.7 cm³/mol. The van der Waals surface area contributed by atoms with Gasteiger partial charge in [0.05, 0.1) is 11.9 Å². The molecular formula is C17H26N4O2.